The number of nitrogens with one attached hydrogen (secondary N) is 1. The van der Waals surface area contributed by atoms with Crippen molar-refractivity contribution in [3.05, 3.63) is 59.2 Å². The van der Waals surface area contributed by atoms with Gasteiger partial charge in [-0.1, -0.05) is 26.8 Å². The molecule has 4 nitrogen and oxygen atoms in total. The first-order chi connectivity index (χ1) is 13.8. The van der Waals surface area contributed by atoms with Crippen molar-refractivity contribution in [1.29, 1.82) is 0 Å². The third-order valence-corrected chi connectivity index (χ3v) is 5.07. The van der Waals surface area contributed by atoms with Gasteiger partial charge in [-0.05, 0) is 74.9 Å². The van der Waals surface area contributed by atoms with E-state index in [0.717, 1.165) is 28.9 Å². The van der Waals surface area contributed by atoms with E-state index in [1.54, 1.807) is 19.1 Å². The van der Waals surface area contributed by atoms with Gasteiger partial charge < -0.3 is 9.72 Å². The Bertz CT molecular complexity index is 1090. The minimum Gasteiger partial charge on any atom is -0.351 e. The molecule has 160 valence electrons. The molecule has 0 radical (unpaired) electrons. The summed E-state index contributed by atoms with van der Waals surface area (Å²) >= 11 is 0. The van der Waals surface area contributed by atoms with Crippen molar-refractivity contribution >= 4 is 11.6 Å². The Morgan fingerprint density at radius 2 is 1.80 bits per heavy atom. The van der Waals surface area contributed by atoms with Crippen LogP contribution in [0.15, 0.2) is 36.5 Å². The van der Waals surface area contributed by atoms with Crippen LogP contribution >= 0.6 is 0 Å². The number of hydrogen-bond donors (Lipinski definition) is 1. The summed E-state index contributed by atoms with van der Waals surface area (Å²) in [7, 11) is 0. The van der Waals surface area contributed by atoms with Crippen LogP contribution in [-0.2, 0) is 11.2 Å². The van der Waals surface area contributed by atoms with Gasteiger partial charge in [0.15, 0.2) is 0 Å². The highest BCUT2D eigenvalue weighted by molar-refractivity contribution is 5.82. The van der Waals surface area contributed by atoms with E-state index in [0.29, 0.717) is 11.3 Å². The van der Waals surface area contributed by atoms with Crippen LogP contribution in [0.3, 0.4) is 0 Å². The van der Waals surface area contributed by atoms with Crippen molar-refractivity contribution < 1.29 is 9.18 Å². The summed E-state index contributed by atoms with van der Waals surface area (Å²) in [4.78, 5) is 17.8. The summed E-state index contributed by atoms with van der Waals surface area (Å²) in [5.74, 6) is -0.297. The van der Waals surface area contributed by atoms with Crippen molar-refractivity contribution in [2.45, 2.75) is 66.8 Å². The van der Waals surface area contributed by atoms with Crippen LogP contribution in [-0.4, -0.2) is 20.8 Å². The molecule has 0 atom stereocenters. The maximum atomic E-state index is 13.8. The maximum Gasteiger partial charge on any atom is 0.226 e. The van der Waals surface area contributed by atoms with E-state index in [1.165, 1.54) is 6.07 Å². The first kappa shape index (κ1) is 22.0. The zero-order valence-corrected chi connectivity index (χ0v) is 19.1. The molecule has 3 aromatic rings. The van der Waals surface area contributed by atoms with Gasteiger partial charge in [-0.3, -0.25) is 4.79 Å². The fraction of sp³-hybridized carbons (Fsp3) is 0.440. The summed E-state index contributed by atoms with van der Waals surface area (Å²) in [5.41, 5.74) is 4.53. The predicted molar refractivity (Wildman–Crippen MR) is 120 cm³/mol. The number of aromatic nitrogens is 2. The van der Waals surface area contributed by atoms with Gasteiger partial charge in [-0.15, -0.1) is 0 Å². The zero-order chi connectivity index (χ0) is 22.3. The third-order valence-electron chi connectivity index (χ3n) is 5.07. The monoisotopic (exact) mass is 409 g/mol. The van der Waals surface area contributed by atoms with Gasteiger partial charge in [0.05, 0.1) is 17.8 Å². The summed E-state index contributed by atoms with van der Waals surface area (Å²) < 4.78 is 15.8. The Morgan fingerprint density at radius 1 is 1.10 bits per heavy atom. The number of rotatable bonds is 5. The number of halogens is 1. The highest BCUT2D eigenvalue weighted by Crippen LogP contribution is 2.29. The highest BCUT2D eigenvalue weighted by Gasteiger charge is 2.28. The molecule has 2 heterocycles. The van der Waals surface area contributed by atoms with Crippen LogP contribution in [0.4, 0.5) is 4.39 Å². The molecule has 0 aliphatic heterocycles. The number of carbonyl (C=O) groups excluding carboxylic acids is 1. The topological polar surface area (TPSA) is 46.4 Å². The van der Waals surface area contributed by atoms with Gasteiger partial charge >= 0.3 is 0 Å². The molecular weight excluding hydrogens is 377 g/mol. The summed E-state index contributed by atoms with van der Waals surface area (Å²) in [6, 6.07) is 8.91. The molecule has 1 aromatic carbocycles. The lowest BCUT2D eigenvalue weighted by Crippen LogP contribution is -2.46. The van der Waals surface area contributed by atoms with E-state index in [2.05, 4.69) is 39.9 Å². The zero-order valence-electron chi connectivity index (χ0n) is 19.1. The first-order valence-corrected chi connectivity index (χ1v) is 10.4. The molecule has 0 unspecified atom stereocenters. The standard InChI is InChI=1S/C25H32FN3O/c1-16-8-11-21-27-23(18-9-10-19(26)17(2)12-18)20(29(21)14-16)13-22(30)28-25(6,7)15-24(3,4)5/h8-12,14H,13,15H2,1-7H3,(H,28,30). The molecule has 0 saturated carbocycles. The SMILES string of the molecule is Cc1ccc2nc(-c3ccc(F)c(C)c3)c(CC(=O)NC(C)(C)CC(C)(C)C)n2c1. The number of hydrogen-bond acceptors (Lipinski definition) is 2. The molecule has 1 amide bonds. The van der Waals surface area contributed by atoms with Gasteiger partial charge in [0.1, 0.15) is 11.5 Å². The average molecular weight is 410 g/mol. The Labute approximate surface area is 178 Å². The van der Waals surface area contributed by atoms with Crippen molar-refractivity contribution in [3.63, 3.8) is 0 Å². The molecule has 0 fully saturated rings. The molecule has 1 N–H and O–H groups in total. The van der Waals surface area contributed by atoms with E-state index in [-0.39, 0.29) is 29.1 Å². The average Bonchev–Trinajstić information content (AvgIpc) is 2.92. The van der Waals surface area contributed by atoms with Crippen molar-refractivity contribution in [2.24, 2.45) is 5.41 Å². The number of fused-ring (bicyclic) bond motifs is 1. The lowest BCUT2D eigenvalue weighted by Gasteiger charge is -2.33. The second kappa shape index (κ2) is 7.86. The molecule has 0 saturated heterocycles. The Kier molecular flexibility index (Phi) is 5.76. The number of nitrogens with zero attached hydrogens (tertiary/aromatic N) is 2. The van der Waals surface area contributed by atoms with Crippen LogP contribution in [0.25, 0.3) is 16.9 Å². The van der Waals surface area contributed by atoms with Gasteiger partial charge in [-0.25, -0.2) is 9.37 Å². The molecule has 0 aliphatic rings. The first-order valence-electron chi connectivity index (χ1n) is 10.4. The largest absolute Gasteiger partial charge is 0.351 e. The maximum absolute atomic E-state index is 13.8. The third kappa shape index (κ3) is 5.07. The van der Waals surface area contributed by atoms with Crippen LogP contribution in [0.5, 0.6) is 0 Å². The van der Waals surface area contributed by atoms with Crippen LogP contribution in [0.1, 0.15) is 57.9 Å². The molecule has 5 heteroatoms. The predicted octanol–water partition coefficient (Wildman–Crippen LogP) is 5.63. The van der Waals surface area contributed by atoms with E-state index in [9.17, 15) is 9.18 Å². The van der Waals surface area contributed by atoms with Gasteiger partial charge in [0, 0.05) is 17.3 Å². The molecular formula is C25H32FN3O. The number of pyridine rings is 1. The molecule has 30 heavy (non-hydrogen) atoms. The van der Waals surface area contributed by atoms with Crippen LogP contribution in [0, 0.1) is 25.1 Å². The number of carbonyl (C=O) groups is 1. The smallest absolute Gasteiger partial charge is 0.226 e. The number of imidazole rings is 1. The van der Waals surface area contributed by atoms with Gasteiger partial charge in [-0.2, -0.15) is 0 Å². The van der Waals surface area contributed by atoms with E-state index in [1.807, 2.05) is 29.7 Å². The lowest BCUT2D eigenvalue weighted by molar-refractivity contribution is -0.122. The second-order valence-electron chi connectivity index (χ2n) is 10.2. The summed E-state index contributed by atoms with van der Waals surface area (Å²) in [6.45, 7) is 14.4. The normalized spacial score (nSPS) is 12.4. The van der Waals surface area contributed by atoms with Gasteiger partial charge in [0.25, 0.3) is 0 Å². The molecule has 3 rings (SSSR count). The quantitative estimate of drug-likeness (QED) is 0.593. The van der Waals surface area contributed by atoms with Crippen molar-refractivity contribution in [3.8, 4) is 11.3 Å². The molecule has 2 aromatic heterocycles. The Morgan fingerprint density at radius 3 is 2.43 bits per heavy atom. The lowest BCUT2D eigenvalue weighted by atomic mass is 9.81. The van der Waals surface area contributed by atoms with Crippen LogP contribution in [0.2, 0.25) is 0 Å². The van der Waals surface area contributed by atoms with Crippen molar-refractivity contribution in [2.75, 3.05) is 0 Å². The Balaban J connectivity index is 2.00. The number of benzene rings is 1. The molecule has 0 aliphatic carbocycles. The minimum atomic E-state index is -0.321. The minimum absolute atomic E-state index is 0.0485. The summed E-state index contributed by atoms with van der Waals surface area (Å²) in [5, 5.41) is 3.19. The van der Waals surface area contributed by atoms with Crippen LogP contribution < -0.4 is 5.32 Å². The molecule has 0 bridgehead atoms. The highest BCUT2D eigenvalue weighted by atomic mass is 19.1. The number of aryl methyl sites for hydroxylation is 2. The van der Waals surface area contributed by atoms with E-state index < -0.39 is 0 Å². The van der Waals surface area contributed by atoms with E-state index in [4.69, 9.17) is 4.98 Å². The Hall–Kier alpha value is -2.69. The number of amides is 1. The molecule has 0 spiro atoms. The fourth-order valence-corrected chi connectivity index (χ4v) is 4.34. The van der Waals surface area contributed by atoms with E-state index >= 15 is 0 Å². The fourth-order valence-electron chi connectivity index (χ4n) is 4.34. The summed E-state index contributed by atoms with van der Waals surface area (Å²) in [6.07, 6.45) is 3.05. The van der Waals surface area contributed by atoms with Gasteiger partial charge in [0.2, 0.25) is 5.91 Å². The second-order valence-corrected chi connectivity index (χ2v) is 10.2. The van der Waals surface area contributed by atoms with Crippen molar-refractivity contribution in [1.82, 2.24) is 14.7 Å².